The highest BCUT2D eigenvalue weighted by atomic mass is 16.6. The molecule has 0 unspecified atom stereocenters. The molecule has 170 valence electrons. The van der Waals surface area contributed by atoms with Crippen molar-refractivity contribution in [2.24, 2.45) is 5.92 Å². The molecule has 3 rings (SSSR count). The Morgan fingerprint density at radius 2 is 2.03 bits per heavy atom. The van der Waals surface area contributed by atoms with Crippen LogP contribution in [-0.2, 0) is 14.3 Å². The first-order valence-corrected chi connectivity index (χ1v) is 11.0. The van der Waals surface area contributed by atoms with E-state index in [0.29, 0.717) is 30.2 Å². The number of hydrogen-bond acceptors (Lipinski definition) is 6. The van der Waals surface area contributed by atoms with Crippen LogP contribution in [0.4, 0.5) is 0 Å². The Balaban J connectivity index is 1.80. The molecule has 0 saturated carbocycles. The molecule has 0 radical (unpaired) electrons. The Bertz CT molecular complexity index is 840. The Morgan fingerprint density at radius 1 is 1.26 bits per heavy atom. The first kappa shape index (κ1) is 22.9. The van der Waals surface area contributed by atoms with Crippen LogP contribution in [0.3, 0.4) is 0 Å². The summed E-state index contributed by atoms with van der Waals surface area (Å²) < 4.78 is 16.2. The SMILES string of the molecule is CCCC[C@@H](CC)CNC(=O)[C@H]1CCC(=O)N1[C@H]1OC(=O)c2c1ccc(OC)c2OC. The number of nitrogens with one attached hydrogen (secondary N) is 1. The van der Waals surface area contributed by atoms with E-state index in [2.05, 4.69) is 19.2 Å². The lowest BCUT2D eigenvalue weighted by Gasteiger charge is -2.29. The van der Waals surface area contributed by atoms with Crippen LogP contribution in [0.5, 0.6) is 11.5 Å². The van der Waals surface area contributed by atoms with Crippen LogP contribution in [0.25, 0.3) is 0 Å². The van der Waals surface area contributed by atoms with Crippen molar-refractivity contribution >= 4 is 17.8 Å². The number of benzene rings is 1. The zero-order chi connectivity index (χ0) is 22.5. The van der Waals surface area contributed by atoms with E-state index in [0.717, 1.165) is 25.7 Å². The quantitative estimate of drug-likeness (QED) is 0.571. The molecule has 0 aromatic heterocycles. The molecule has 8 nitrogen and oxygen atoms in total. The summed E-state index contributed by atoms with van der Waals surface area (Å²) in [6.45, 7) is 4.85. The summed E-state index contributed by atoms with van der Waals surface area (Å²) in [6.07, 6.45) is 3.99. The molecular weight excluding hydrogens is 400 g/mol. The standard InChI is InChI=1S/C23H32N2O6/c1-5-7-8-14(6-2)13-24-21(27)16-10-12-18(26)25(16)22-15-9-11-17(29-3)20(30-4)19(15)23(28)31-22/h9,11,14,16,22H,5-8,10,12-13H2,1-4H3,(H,24,27)/t14-,16-,22+/m1/s1. The van der Waals surface area contributed by atoms with Crippen molar-refractivity contribution in [2.45, 2.75) is 64.6 Å². The summed E-state index contributed by atoms with van der Waals surface area (Å²) in [5.74, 6) is 0.0706. The Labute approximate surface area is 183 Å². The summed E-state index contributed by atoms with van der Waals surface area (Å²) >= 11 is 0. The van der Waals surface area contributed by atoms with Gasteiger partial charge in [-0.25, -0.2) is 4.79 Å². The van der Waals surface area contributed by atoms with E-state index in [1.165, 1.54) is 19.1 Å². The zero-order valence-electron chi connectivity index (χ0n) is 18.7. The minimum absolute atomic E-state index is 0.203. The smallest absolute Gasteiger partial charge is 0.344 e. The predicted octanol–water partition coefficient (Wildman–Crippen LogP) is 3.20. The van der Waals surface area contributed by atoms with Gasteiger partial charge in [0.15, 0.2) is 11.5 Å². The largest absolute Gasteiger partial charge is 0.493 e. The monoisotopic (exact) mass is 432 g/mol. The number of ether oxygens (including phenoxy) is 3. The van der Waals surface area contributed by atoms with Crippen LogP contribution in [-0.4, -0.2) is 49.5 Å². The number of carbonyl (C=O) groups excluding carboxylic acids is 3. The third-order valence-electron chi connectivity index (χ3n) is 6.19. The van der Waals surface area contributed by atoms with E-state index in [9.17, 15) is 14.4 Å². The van der Waals surface area contributed by atoms with Crippen molar-refractivity contribution in [3.63, 3.8) is 0 Å². The minimum Gasteiger partial charge on any atom is -0.493 e. The maximum Gasteiger partial charge on any atom is 0.344 e. The van der Waals surface area contributed by atoms with Crippen molar-refractivity contribution < 1.29 is 28.6 Å². The third kappa shape index (κ3) is 4.48. The molecule has 2 aliphatic rings. The van der Waals surface area contributed by atoms with E-state index >= 15 is 0 Å². The van der Waals surface area contributed by atoms with E-state index in [-0.39, 0.29) is 29.5 Å². The lowest BCUT2D eigenvalue weighted by Crippen LogP contribution is -2.47. The number of likely N-dealkylation sites (tertiary alicyclic amines) is 1. The maximum atomic E-state index is 13.0. The fourth-order valence-electron chi connectivity index (χ4n) is 4.35. The number of hydrogen-bond donors (Lipinski definition) is 1. The molecule has 8 heteroatoms. The van der Waals surface area contributed by atoms with Crippen molar-refractivity contribution in [1.29, 1.82) is 0 Å². The van der Waals surface area contributed by atoms with E-state index in [1.54, 1.807) is 12.1 Å². The lowest BCUT2D eigenvalue weighted by molar-refractivity contribution is -0.145. The van der Waals surface area contributed by atoms with Crippen LogP contribution in [0.2, 0.25) is 0 Å². The summed E-state index contributed by atoms with van der Waals surface area (Å²) in [4.78, 5) is 39.7. The van der Waals surface area contributed by atoms with Gasteiger partial charge >= 0.3 is 5.97 Å². The number of cyclic esters (lactones) is 1. The zero-order valence-corrected chi connectivity index (χ0v) is 18.7. The molecule has 2 amide bonds. The van der Waals surface area contributed by atoms with Crippen LogP contribution in [0.1, 0.15) is 74.5 Å². The van der Waals surface area contributed by atoms with Crippen LogP contribution in [0.15, 0.2) is 12.1 Å². The fraction of sp³-hybridized carbons (Fsp3) is 0.609. The summed E-state index contributed by atoms with van der Waals surface area (Å²) in [5, 5.41) is 3.02. The summed E-state index contributed by atoms with van der Waals surface area (Å²) in [5.41, 5.74) is 0.737. The van der Waals surface area contributed by atoms with Crippen molar-refractivity contribution in [2.75, 3.05) is 20.8 Å². The van der Waals surface area contributed by atoms with Crippen molar-refractivity contribution in [3.05, 3.63) is 23.3 Å². The molecule has 0 bridgehead atoms. The molecule has 0 aliphatic carbocycles. The third-order valence-corrected chi connectivity index (χ3v) is 6.19. The molecular formula is C23H32N2O6. The van der Waals surface area contributed by atoms with Gasteiger partial charge in [-0.1, -0.05) is 33.1 Å². The van der Waals surface area contributed by atoms with Gasteiger partial charge in [-0.3, -0.25) is 14.5 Å². The predicted molar refractivity (Wildman–Crippen MR) is 114 cm³/mol. The number of nitrogens with zero attached hydrogens (tertiary/aromatic N) is 1. The second-order valence-corrected chi connectivity index (χ2v) is 8.04. The number of unbranched alkanes of at least 4 members (excludes halogenated alkanes) is 1. The number of rotatable bonds is 10. The van der Waals surface area contributed by atoms with Gasteiger partial charge in [-0.05, 0) is 30.9 Å². The molecule has 1 saturated heterocycles. The van der Waals surface area contributed by atoms with Gasteiger partial charge in [-0.2, -0.15) is 0 Å². The van der Waals surface area contributed by atoms with Gasteiger partial charge in [0.1, 0.15) is 11.6 Å². The van der Waals surface area contributed by atoms with Crippen LogP contribution in [0, 0.1) is 5.92 Å². The summed E-state index contributed by atoms with van der Waals surface area (Å²) in [7, 11) is 2.93. The lowest BCUT2D eigenvalue weighted by atomic mass is 9.99. The second kappa shape index (κ2) is 10.0. The van der Waals surface area contributed by atoms with Gasteiger partial charge in [0, 0.05) is 18.5 Å². The molecule has 31 heavy (non-hydrogen) atoms. The van der Waals surface area contributed by atoms with E-state index in [4.69, 9.17) is 14.2 Å². The molecule has 2 heterocycles. The van der Waals surface area contributed by atoms with Crippen LogP contribution < -0.4 is 14.8 Å². The van der Waals surface area contributed by atoms with Gasteiger partial charge in [0.05, 0.1) is 14.2 Å². The van der Waals surface area contributed by atoms with Gasteiger partial charge < -0.3 is 19.5 Å². The second-order valence-electron chi connectivity index (χ2n) is 8.04. The average Bonchev–Trinajstić information content (AvgIpc) is 3.32. The van der Waals surface area contributed by atoms with Gasteiger partial charge in [0.2, 0.25) is 18.0 Å². The maximum absolute atomic E-state index is 13.0. The van der Waals surface area contributed by atoms with Crippen molar-refractivity contribution in [1.82, 2.24) is 10.2 Å². The highest BCUT2D eigenvalue weighted by molar-refractivity contribution is 5.99. The normalized spacial score (nSPS) is 21.0. The number of amides is 2. The number of fused-ring (bicyclic) bond motifs is 1. The first-order chi connectivity index (χ1) is 15.0. The highest BCUT2D eigenvalue weighted by Gasteiger charge is 2.47. The fourth-order valence-corrected chi connectivity index (χ4v) is 4.35. The molecule has 2 aliphatic heterocycles. The Hall–Kier alpha value is -2.77. The number of methoxy groups -OCH3 is 2. The molecule has 3 atom stereocenters. The molecule has 1 fully saturated rings. The number of carbonyl (C=O) groups is 3. The van der Waals surface area contributed by atoms with Crippen molar-refractivity contribution in [3.8, 4) is 11.5 Å². The Kier molecular flexibility index (Phi) is 7.41. The average molecular weight is 433 g/mol. The minimum atomic E-state index is -0.949. The first-order valence-electron chi connectivity index (χ1n) is 11.0. The molecule has 1 aromatic rings. The summed E-state index contributed by atoms with van der Waals surface area (Å²) in [6, 6.07) is 2.68. The van der Waals surface area contributed by atoms with Crippen LogP contribution >= 0.6 is 0 Å². The topological polar surface area (TPSA) is 94.2 Å². The highest BCUT2D eigenvalue weighted by Crippen LogP contribution is 2.45. The molecule has 1 N–H and O–H groups in total. The van der Waals surface area contributed by atoms with E-state index < -0.39 is 18.2 Å². The van der Waals surface area contributed by atoms with Gasteiger partial charge in [-0.15, -0.1) is 0 Å². The molecule has 1 aromatic carbocycles. The van der Waals surface area contributed by atoms with E-state index in [1.807, 2.05) is 0 Å². The Morgan fingerprint density at radius 3 is 2.68 bits per heavy atom. The van der Waals surface area contributed by atoms with Gasteiger partial charge in [0.25, 0.3) is 0 Å². The number of esters is 1. The molecule has 0 spiro atoms.